The normalized spacial score (nSPS) is 10.4. The van der Waals surface area contributed by atoms with Crippen LogP contribution in [0, 0.1) is 13.8 Å². The van der Waals surface area contributed by atoms with Crippen LogP contribution in [0.4, 0.5) is 11.5 Å². The van der Waals surface area contributed by atoms with Crippen LogP contribution in [0.25, 0.3) is 0 Å². The molecule has 5 heteroatoms. The van der Waals surface area contributed by atoms with Crippen molar-refractivity contribution < 1.29 is 0 Å². The monoisotopic (exact) mass is 245 g/mol. The standard InChI is InChI=1S/C13H19N5/c1-9-11(10(2)17-16-9)8-15-12-6-5-7-14-13(12)18(3)4/h5-7,15H,8H2,1-4H3,(H,16,17). The molecule has 2 aromatic heterocycles. The number of rotatable bonds is 4. The summed E-state index contributed by atoms with van der Waals surface area (Å²) in [5, 5.41) is 10.6. The maximum atomic E-state index is 4.36. The first kappa shape index (κ1) is 12.4. The fourth-order valence-electron chi connectivity index (χ4n) is 1.91. The summed E-state index contributed by atoms with van der Waals surface area (Å²) in [6.45, 7) is 4.80. The van der Waals surface area contributed by atoms with Gasteiger partial charge in [0.25, 0.3) is 0 Å². The quantitative estimate of drug-likeness (QED) is 0.866. The van der Waals surface area contributed by atoms with Crippen LogP contribution in [0.5, 0.6) is 0 Å². The van der Waals surface area contributed by atoms with E-state index in [-0.39, 0.29) is 0 Å². The largest absolute Gasteiger partial charge is 0.378 e. The molecule has 2 heterocycles. The number of nitrogens with one attached hydrogen (secondary N) is 2. The molecule has 96 valence electrons. The van der Waals surface area contributed by atoms with Crippen molar-refractivity contribution in [3.63, 3.8) is 0 Å². The average Bonchev–Trinajstić information content (AvgIpc) is 2.67. The van der Waals surface area contributed by atoms with Crippen molar-refractivity contribution in [3.8, 4) is 0 Å². The molecule has 5 nitrogen and oxygen atoms in total. The molecular weight excluding hydrogens is 226 g/mol. The Bertz CT molecular complexity index is 510. The van der Waals surface area contributed by atoms with Gasteiger partial charge in [-0.15, -0.1) is 0 Å². The van der Waals surface area contributed by atoms with Gasteiger partial charge in [-0.3, -0.25) is 5.10 Å². The molecule has 0 atom stereocenters. The van der Waals surface area contributed by atoms with Gasteiger partial charge < -0.3 is 10.2 Å². The zero-order valence-corrected chi connectivity index (χ0v) is 11.3. The second-order valence-corrected chi connectivity index (χ2v) is 4.54. The number of hydrogen-bond donors (Lipinski definition) is 2. The molecule has 0 aliphatic heterocycles. The van der Waals surface area contributed by atoms with Crippen LogP contribution in [-0.2, 0) is 6.54 Å². The van der Waals surface area contributed by atoms with E-state index in [1.165, 1.54) is 5.56 Å². The molecule has 0 aromatic carbocycles. The van der Waals surface area contributed by atoms with Gasteiger partial charge in [-0.1, -0.05) is 0 Å². The Morgan fingerprint density at radius 3 is 2.72 bits per heavy atom. The molecule has 0 amide bonds. The van der Waals surface area contributed by atoms with E-state index in [4.69, 9.17) is 0 Å². The molecule has 2 N–H and O–H groups in total. The lowest BCUT2D eigenvalue weighted by Gasteiger charge is -2.16. The molecule has 0 bridgehead atoms. The molecule has 0 saturated carbocycles. The minimum absolute atomic E-state index is 0.751. The Hall–Kier alpha value is -2.04. The minimum Gasteiger partial charge on any atom is -0.378 e. The number of aromatic nitrogens is 3. The van der Waals surface area contributed by atoms with E-state index in [0.717, 1.165) is 29.4 Å². The number of aryl methyl sites for hydroxylation is 2. The van der Waals surface area contributed by atoms with Gasteiger partial charge in [0.05, 0.1) is 11.4 Å². The SMILES string of the molecule is Cc1n[nH]c(C)c1CNc1cccnc1N(C)C. The third-order valence-corrected chi connectivity index (χ3v) is 2.95. The summed E-state index contributed by atoms with van der Waals surface area (Å²) >= 11 is 0. The van der Waals surface area contributed by atoms with Crippen LogP contribution in [0.15, 0.2) is 18.3 Å². The van der Waals surface area contributed by atoms with Gasteiger partial charge in [0.15, 0.2) is 5.82 Å². The first-order chi connectivity index (χ1) is 8.59. The molecule has 0 radical (unpaired) electrons. The van der Waals surface area contributed by atoms with Crippen LogP contribution in [0.1, 0.15) is 17.0 Å². The maximum absolute atomic E-state index is 4.36. The fourth-order valence-corrected chi connectivity index (χ4v) is 1.91. The number of aromatic amines is 1. The molecule has 2 aromatic rings. The number of nitrogens with zero attached hydrogens (tertiary/aromatic N) is 3. The van der Waals surface area contributed by atoms with Gasteiger partial charge >= 0.3 is 0 Å². The van der Waals surface area contributed by atoms with Crippen molar-refractivity contribution in [2.24, 2.45) is 0 Å². The Balaban J connectivity index is 2.16. The summed E-state index contributed by atoms with van der Waals surface area (Å²) < 4.78 is 0. The fraction of sp³-hybridized carbons (Fsp3) is 0.385. The molecular formula is C13H19N5. The van der Waals surface area contributed by atoms with E-state index in [0.29, 0.717) is 0 Å². The summed E-state index contributed by atoms with van der Waals surface area (Å²) in [6, 6.07) is 3.97. The Kier molecular flexibility index (Phi) is 3.50. The highest BCUT2D eigenvalue weighted by Crippen LogP contribution is 2.21. The second-order valence-electron chi connectivity index (χ2n) is 4.54. The number of pyridine rings is 1. The first-order valence-electron chi connectivity index (χ1n) is 5.96. The highest BCUT2D eigenvalue weighted by atomic mass is 15.2. The zero-order chi connectivity index (χ0) is 13.1. The van der Waals surface area contributed by atoms with Gasteiger partial charge in [-0.05, 0) is 26.0 Å². The highest BCUT2D eigenvalue weighted by Gasteiger charge is 2.08. The van der Waals surface area contributed by atoms with Gasteiger partial charge in [0.2, 0.25) is 0 Å². The van der Waals surface area contributed by atoms with Crippen molar-refractivity contribution in [1.82, 2.24) is 15.2 Å². The van der Waals surface area contributed by atoms with Gasteiger partial charge in [-0.25, -0.2) is 4.98 Å². The Morgan fingerprint density at radius 2 is 2.11 bits per heavy atom. The Morgan fingerprint density at radius 1 is 1.33 bits per heavy atom. The minimum atomic E-state index is 0.751. The molecule has 0 aliphatic rings. The van der Waals surface area contributed by atoms with Gasteiger partial charge in [0.1, 0.15) is 0 Å². The molecule has 0 saturated heterocycles. The van der Waals surface area contributed by atoms with Crippen molar-refractivity contribution in [2.45, 2.75) is 20.4 Å². The van der Waals surface area contributed by atoms with E-state index < -0.39 is 0 Å². The van der Waals surface area contributed by atoms with Crippen LogP contribution in [0.2, 0.25) is 0 Å². The lowest BCUT2D eigenvalue weighted by Crippen LogP contribution is -2.14. The smallest absolute Gasteiger partial charge is 0.151 e. The van der Waals surface area contributed by atoms with E-state index >= 15 is 0 Å². The van der Waals surface area contributed by atoms with Crippen LogP contribution in [0.3, 0.4) is 0 Å². The van der Waals surface area contributed by atoms with E-state index in [2.05, 4.69) is 20.5 Å². The summed E-state index contributed by atoms with van der Waals surface area (Å²) in [4.78, 5) is 6.36. The summed E-state index contributed by atoms with van der Waals surface area (Å²) in [5.41, 5.74) is 4.39. The second kappa shape index (κ2) is 5.08. The van der Waals surface area contributed by atoms with Crippen LogP contribution < -0.4 is 10.2 Å². The topological polar surface area (TPSA) is 56.8 Å². The molecule has 0 fully saturated rings. The summed E-state index contributed by atoms with van der Waals surface area (Å²) in [5.74, 6) is 0.941. The number of anilines is 2. The molecule has 0 aliphatic carbocycles. The lowest BCUT2D eigenvalue weighted by molar-refractivity contribution is 1.02. The van der Waals surface area contributed by atoms with E-state index in [1.807, 2.05) is 45.0 Å². The number of hydrogen-bond acceptors (Lipinski definition) is 4. The zero-order valence-electron chi connectivity index (χ0n) is 11.3. The summed E-state index contributed by atoms with van der Waals surface area (Å²) in [6.07, 6.45) is 1.80. The molecule has 2 rings (SSSR count). The predicted molar refractivity (Wildman–Crippen MR) is 74.0 cm³/mol. The number of H-pyrrole nitrogens is 1. The van der Waals surface area contributed by atoms with Crippen molar-refractivity contribution >= 4 is 11.5 Å². The van der Waals surface area contributed by atoms with Crippen molar-refractivity contribution in [3.05, 3.63) is 35.3 Å². The summed E-state index contributed by atoms with van der Waals surface area (Å²) in [7, 11) is 3.98. The van der Waals surface area contributed by atoms with Gasteiger partial charge in [0, 0.05) is 38.1 Å². The van der Waals surface area contributed by atoms with Crippen molar-refractivity contribution in [1.29, 1.82) is 0 Å². The lowest BCUT2D eigenvalue weighted by atomic mass is 10.2. The highest BCUT2D eigenvalue weighted by molar-refractivity contribution is 5.64. The van der Waals surface area contributed by atoms with Crippen LogP contribution in [-0.4, -0.2) is 29.3 Å². The predicted octanol–water partition coefficient (Wildman–Crippen LogP) is 2.10. The third kappa shape index (κ3) is 2.45. The van der Waals surface area contributed by atoms with Crippen LogP contribution >= 0.6 is 0 Å². The van der Waals surface area contributed by atoms with E-state index in [1.54, 1.807) is 6.20 Å². The van der Waals surface area contributed by atoms with Crippen molar-refractivity contribution in [2.75, 3.05) is 24.3 Å². The first-order valence-corrected chi connectivity index (χ1v) is 5.96. The average molecular weight is 245 g/mol. The third-order valence-electron chi connectivity index (χ3n) is 2.95. The molecule has 0 unspecified atom stereocenters. The van der Waals surface area contributed by atoms with Gasteiger partial charge in [-0.2, -0.15) is 5.10 Å². The van der Waals surface area contributed by atoms with E-state index in [9.17, 15) is 0 Å². The molecule has 18 heavy (non-hydrogen) atoms. The Labute approximate surface area is 107 Å². The maximum Gasteiger partial charge on any atom is 0.151 e. The molecule has 0 spiro atoms.